The molecule has 1 atom stereocenters. The van der Waals surface area contributed by atoms with Crippen molar-refractivity contribution in [2.24, 2.45) is 5.10 Å². The van der Waals surface area contributed by atoms with Crippen LogP contribution in [-0.2, 0) is 4.79 Å². The minimum atomic E-state index is -0.0695. The monoisotopic (exact) mass is 353 g/mol. The highest BCUT2D eigenvalue weighted by Crippen LogP contribution is 2.33. The number of hydrazone groups is 1. The van der Waals surface area contributed by atoms with Crippen molar-refractivity contribution >= 4 is 11.6 Å². The molecule has 1 aliphatic heterocycles. The smallest absolute Gasteiger partial charge is 0.244 e. The molecule has 5 heteroatoms. The quantitative estimate of drug-likeness (QED) is 0.756. The maximum absolute atomic E-state index is 12.9. The molecule has 1 aliphatic rings. The fourth-order valence-corrected chi connectivity index (χ4v) is 3.29. The topological polar surface area (TPSA) is 49.1 Å². The third-order valence-corrected chi connectivity index (χ3v) is 4.97. The van der Waals surface area contributed by atoms with Crippen LogP contribution in [0, 0.1) is 6.92 Å². The lowest BCUT2D eigenvalue weighted by Gasteiger charge is -2.24. The lowest BCUT2D eigenvalue weighted by Crippen LogP contribution is -2.32. The van der Waals surface area contributed by atoms with E-state index in [1.165, 1.54) is 5.56 Å². The van der Waals surface area contributed by atoms with Crippen molar-refractivity contribution in [3.8, 4) is 0 Å². The maximum Gasteiger partial charge on any atom is 0.244 e. The van der Waals surface area contributed by atoms with Crippen molar-refractivity contribution in [2.45, 2.75) is 39.7 Å². The number of rotatable bonds is 7. The van der Waals surface area contributed by atoms with Crippen LogP contribution in [-0.4, -0.2) is 41.2 Å². The van der Waals surface area contributed by atoms with Crippen molar-refractivity contribution in [3.05, 3.63) is 59.5 Å². The lowest BCUT2D eigenvalue weighted by atomic mass is 9.99. The molecule has 0 aliphatic carbocycles. The zero-order chi connectivity index (χ0) is 18.5. The summed E-state index contributed by atoms with van der Waals surface area (Å²) in [6, 6.07) is 12.0. The Bertz CT molecular complexity index is 746. The third-order valence-electron chi connectivity index (χ3n) is 4.97. The van der Waals surface area contributed by atoms with Crippen molar-refractivity contribution in [1.29, 1.82) is 0 Å². The van der Waals surface area contributed by atoms with Gasteiger partial charge in [-0.1, -0.05) is 43.7 Å². The largest absolute Gasteiger partial charge is 0.463 e. The molecule has 1 amide bonds. The SMILES string of the molecule is CCN(CC)CCC(=O)N1N=C(c2ccco2)CC1c1ccc(C)cc1. The second kappa shape index (κ2) is 8.32. The van der Waals surface area contributed by atoms with E-state index in [0.717, 1.165) is 36.7 Å². The zero-order valence-corrected chi connectivity index (χ0v) is 15.8. The molecule has 2 heterocycles. The molecule has 1 aromatic carbocycles. The van der Waals surface area contributed by atoms with Crippen LogP contribution in [0.5, 0.6) is 0 Å². The molecule has 138 valence electrons. The minimum absolute atomic E-state index is 0.0593. The van der Waals surface area contributed by atoms with E-state index in [9.17, 15) is 4.79 Å². The number of carbonyl (C=O) groups is 1. The van der Waals surface area contributed by atoms with E-state index in [1.54, 1.807) is 11.3 Å². The average molecular weight is 353 g/mol. The number of benzene rings is 1. The van der Waals surface area contributed by atoms with E-state index < -0.39 is 0 Å². The van der Waals surface area contributed by atoms with Crippen LogP contribution in [0.1, 0.15) is 49.6 Å². The molecule has 0 radical (unpaired) electrons. The van der Waals surface area contributed by atoms with Crippen LogP contribution in [0.25, 0.3) is 0 Å². The van der Waals surface area contributed by atoms with Gasteiger partial charge in [0.2, 0.25) is 5.91 Å². The molecule has 0 spiro atoms. The average Bonchev–Trinajstić information content (AvgIpc) is 3.32. The molecule has 2 aromatic rings. The molecule has 26 heavy (non-hydrogen) atoms. The molecule has 0 bridgehead atoms. The first-order valence-electron chi connectivity index (χ1n) is 9.34. The van der Waals surface area contributed by atoms with Crippen molar-refractivity contribution in [2.75, 3.05) is 19.6 Å². The van der Waals surface area contributed by atoms with Gasteiger partial charge in [0.1, 0.15) is 11.5 Å². The van der Waals surface area contributed by atoms with Gasteiger partial charge in [0.15, 0.2) is 0 Å². The molecule has 1 unspecified atom stereocenters. The number of hydrogen-bond acceptors (Lipinski definition) is 4. The first kappa shape index (κ1) is 18.4. The van der Waals surface area contributed by atoms with Gasteiger partial charge >= 0.3 is 0 Å². The Balaban J connectivity index is 1.81. The van der Waals surface area contributed by atoms with E-state index in [0.29, 0.717) is 12.8 Å². The van der Waals surface area contributed by atoms with Crippen LogP contribution >= 0.6 is 0 Å². The summed E-state index contributed by atoms with van der Waals surface area (Å²) in [6.07, 6.45) is 2.79. The summed E-state index contributed by atoms with van der Waals surface area (Å²) in [5.74, 6) is 0.796. The predicted octanol–water partition coefficient (Wildman–Crippen LogP) is 4.00. The normalized spacial score (nSPS) is 17.0. The van der Waals surface area contributed by atoms with E-state index in [4.69, 9.17) is 4.42 Å². The molecule has 0 N–H and O–H groups in total. The molecule has 5 nitrogen and oxygen atoms in total. The van der Waals surface area contributed by atoms with Crippen molar-refractivity contribution in [1.82, 2.24) is 9.91 Å². The molecular weight excluding hydrogens is 326 g/mol. The number of amides is 1. The molecule has 3 rings (SSSR count). The Morgan fingerprint density at radius 3 is 2.58 bits per heavy atom. The highest BCUT2D eigenvalue weighted by atomic mass is 16.3. The standard InChI is InChI=1S/C21H27N3O2/c1-4-23(5-2)13-12-21(25)24-19(17-10-8-16(3)9-11-17)15-18(22-24)20-7-6-14-26-20/h6-11,14,19H,4-5,12-13,15H2,1-3H3. The Morgan fingerprint density at radius 1 is 1.23 bits per heavy atom. The van der Waals surface area contributed by atoms with Gasteiger partial charge in [-0.25, -0.2) is 5.01 Å². The van der Waals surface area contributed by atoms with Crippen LogP contribution in [0.2, 0.25) is 0 Å². The van der Waals surface area contributed by atoms with Crippen molar-refractivity contribution in [3.63, 3.8) is 0 Å². The van der Waals surface area contributed by atoms with Gasteiger partial charge in [-0.3, -0.25) is 4.79 Å². The number of carbonyl (C=O) groups excluding carboxylic acids is 1. The summed E-state index contributed by atoms with van der Waals surface area (Å²) in [7, 11) is 0. The van der Waals surface area contributed by atoms with Gasteiger partial charge in [-0.05, 0) is 37.7 Å². The fraction of sp³-hybridized carbons (Fsp3) is 0.429. The van der Waals surface area contributed by atoms with E-state index >= 15 is 0 Å². The summed E-state index contributed by atoms with van der Waals surface area (Å²) >= 11 is 0. The molecular formula is C21H27N3O2. The number of hydrogen-bond donors (Lipinski definition) is 0. The number of furan rings is 1. The summed E-state index contributed by atoms with van der Waals surface area (Å²) in [4.78, 5) is 15.2. The Hall–Kier alpha value is -2.40. The first-order valence-corrected chi connectivity index (χ1v) is 9.34. The predicted molar refractivity (Wildman–Crippen MR) is 103 cm³/mol. The van der Waals surface area contributed by atoms with Gasteiger partial charge < -0.3 is 9.32 Å². The van der Waals surface area contributed by atoms with E-state index in [-0.39, 0.29) is 11.9 Å². The van der Waals surface area contributed by atoms with E-state index in [2.05, 4.69) is 55.0 Å². The summed E-state index contributed by atoms with van der Waals surface area (Å²) in [5, 5.41) is 6.29. The number of aryl methyl sites for hydroxylation is 1. The second-order valence-electron chi connectivity index (χ2n) is 6.67. The summed E-state index contributed by atoms with van der Waals surface area (Å²) in [6.45, 7) is 8.96. The molecule has 0 saturated heterocycles. The Morgan fingerprint density at radius 2 is 1.96 bits per heavy atom. The highest BCUT2D eigenvalue weighted by Gasteiger charge is 2.33. The van der Waals surface area contributed by atoms with Crippen LogP contribution in [0.15, 0.2) is 52.2 Å². The summed E-state index contributed by atoms with van der Waals surface area (Å²) < 4.78 is 5.50. The van der Waals surface area contributed by atoms with Gasteiger partial charge in [0.05, 0.1) is 12.3 Å². The van der Waals surface area contributed by atoms with Gasteiger partial charge in [0.25, 0.3) is 0 Å². The second-order valence-corrected chi connectivity index (χ2v) is 6.67. The summed E-state index contributed by atoms with van der Waals surface area (Å²) in [5.41, 5.74) is 3.15. The van der Waals surface area contributed by atoms with Gasteiger partial charge in [-0.15, -0.1) is 0 Å². The maximum atomic E-state index is 12.9. The van der Waals surface area contributed by atoms with Crippen LogP contribution in [0.3, 0.4) is 0 Å². The highest BCUT2D eigenvalue weighted by molar-refractivity contribution is 6.01. The van der Waals surface area contributed by atoms with Crippen LogP contribution in [0.4, 0.5) is 0 Å². The Labute approximate surface area is 155 Å². The van der Waals surface area contributed by atoms with E-state index in [1.807, 2.05) is 12.1 Å². The van der Waals surface area contributed by atoms with Crippen LogP contribution < -0.4 is 0 Å². The molecule has 0 fully saturated rings. The molecule has 0 saturated carbocycles. The lowest BCUT2D eigenvalue weighted by molar-refractivity contribution is -0.133. The van der Waals surface area contributed by atoms with Crippen molar-refractivity contribution < 1.29 is 9.21 Å². The minimum Gasteiger partial charge on any atom is -0.463 e. The number of nitrogens with zero attached hydrogens (tertiary/aromatic N) is 3. The molecule has 1 aromatic heterocycles. The first-order chi connectivity index (χ1) is 12.6. The fourth-order valence-electron chi connectivity index (χ4n) is 3.29. The Kier molecular flexibility index (Phi) is 5.89. The zero-order valence-electron chi connectivity index (χ0n) is 15.8. The van der Waals surface area contributed by atoms with Gasteiger partial charge in [-0.2, -0.15) is 5.10 Å². The third kappa shape index (κ3) is 4.05. The van der Waals surface area contributed by atoms with Gasteiger partial charge in [0, 0.05) is 19.4 Å².